The number of carbonyl (C=O) groups is 2. The number of hydrogen-bond donors (Lipinski definition) is 3. The summed E-state index contributed by atoms with van der Waals surface area (Å²) in [5.41, 5.74) is 7.06. The first-order valence-corrected chi connectivity index (χ1v) is 8.15. The first-order chi connectivity index (χ1) is 11.3. The van der Waals surface area contributed by atoms with Crippen LogP contribution in [0.3, 0.4) is 0 Å². The van der Waals surface area contributed by atoms with Crippen molar-refractivity contribution in [1.29, 1.82) is 0 Å². The molecule has 1 heterocycles. The first-order valence-electron chi connectivity index (χ1n) is 8.15. The highest BCUT2D eigenvalue weighted by Crippen LogP contribution is 2.17. The highest BCUT2D eigenvalue weighted by atomic mass is 35.5. The zero-order valence-corrected chi connectivity index (χ0v) is 15.7. The third kappa shape index (κ3) is 5.44. The molecule has 2 aromatic rings. The Morgan fingerprint density at radius 3 is 2.20 bits per heavy atom. The van der Waals surface area contributed by atoms with E-state index in [-0.39, 0.29) is 24.1 Å². The molecule has 6 heteroatoms. The second-order valence-corrected chi connectivity index (χ2v) is 6.82. The smallest absolute Gasteiger partial charge is 0.251 e. The Bertz CT molecular complexity index is 696. The van der Waals surface area contributed by atoms with Gasteiger partial charge in [-0.3, -0.25) is 9.59 Å². The summed E-state index contributed by atoms with van der Waals surface area (Å²) < 4.78 is 0. The van der Waals surface area contributed by atoms with Crippen LogP contribution in [0, 0.1) is 5.92 Å². The molecule has 0 fully saturated rings. The van der Waals surface area contributed by atoms with Crippen molar-refractivity contribution in [2.45, 2.75) is 32.7 Å². The van der Waals surface area contributed by atoms with Crippen LogP contribution < -0.4 is 11.1 Å². The van der Waals surface area contributed by atoms with E-state index in [0.717, 1.165) is 6.42 Å². The molecular weight excluding hydrogens is 338 g/mol. The van der Waals surface area contributed by atoms with Crippen molar-refractivity contribution in [3.63, 3.8) is 0 Å². The fourth-order valence-corrected chi connectivity index (χ4v) is 2.84. The highest BCUT2D eigenvalue weighted by Gasteiger charge is 2.26. The van der Waals surface area contributed by atoms with Crippen molar-refractivity contribution in [3.8, 4) is 0 Å². The van der Waals surface area contributed by atoms with Crippen LogP contribution >= 0.6 is 12.4 Å². The summed E-state index contributed by atoms with van der Waals surface area (Å²) in [6, 6.07) is 8.41. The molecule has 0 spiro atoms. The van der Waals surface area contributed by atoms with E-state index >= 15 is 0 Å². The third-order valence-electron chi connectivity index (χ3n) is 3.99. The predicted molar refractivity (Wildman–Crippen MR) is 102 cm³/mol. The average Bonchev–Trinajstić information content (AvgIpc) is 3.08. The molecule has 5 nitrogen and oxygen atoms in total. The van der Waals surface area contributed by atoms with Gasteiger partial charge in [0, 0.05) is 41.2 Å². The molecule has 0 aliphatic carbocycles. The molecule has 0 aliphatic heterocycles. The van der Waals surface area contributed by atoms with Crippen LogP contribution in [0.15, 0.2) is 42.7 Å². The number of rotatable bonds is 7. The number of hydrogen-bond acceptors (Lipinski definition) is 3. The number of ketones is 1. The van der Waals surface area contributed by atoms with Gasteiger partial charge in [0.15, 0.2) is 5.78 Å². The van der Waals surface area contributed by atoms with E-state index in [1.54, 1.807) is 42.7 Å². The van der Waals surface area contributed by atoms with E-state index in [4.69, 9.17) is 5.73 Å². The van der Waals surface area contributed by atoms with Gasteiger partial charge in [-0.2, -0.15) is 0 Å². The van der Waals surface area contributed by atoms with Gasteiger partial charge in [0.05, 0.1) is 0 Å². The molecule has 2 rings (SSSR count). The van der Waals surface area contributed by atoms with Crippen LogP contribution in [-0.4, -0.2) is 28.8 Å². The molecule has 25 heavy (non-hydrogen) atoms. The molecule has 0 radical (unpaired) electrons. The first kappa shape index (κ1) is 20.9. The average molecular weight is 364 g/mol. The molecule has 1 aromatic carbocycles. The second kappa shape index (κ2) is 8.83. The molecule has 136 valence electrons. The standard InChI is InChI=1S/C19H25N3O2.ClH/c1-13(2)10-19(3,12-20)22-18(24)15-6-4-14(5-7-15)17(23)16-8-9-21-11-16;/h4-9,11,13,21H,10,12,20H2,1-3H3,(H,22,24);1H. The van der Waals surface area contributed by atoms with Crippen molar-refractivity contribution in [3.05, 3.63) is 59.4 Å². The van der Waals surface area contributed by atoms with Crippen LogP contribution in [-0.2, 0) is 0 Å². The SMILES string of the molecule is CC(C)CC(C)(CN)NC(=O)c1ccc(C(=O)c2cc[nH]c2)cc1.Cl. The number of aromatic amines is 1. The Labute approximate surface area is 154 Å². The van der Waals surface area contributed by atoms with E-state index in [2.05, 4.69) is 24.1 Å². The minimum absolute atomic E-state index is 0. The number of benzene rings is 1. The van der Waals surface area contributed by atoms with Gasteiger partial charge in [0.25, 0.3) is 5.91 Å². The van der Waals surface area contributed by atoms with E-state index in [1.807, 2.05) is 6.92 Å². The highest BCUT2D eigenvalue weighted by molar-refractivity contribution is 6.09. The maximum Gasteiger partial charge on any atom is 0.251 e. The number of amides is 1. The fourth-order valence-electron chi connectivity index (χ4n) is 2.84. The predicted octanol–water partition coefficient (Wildman–Crippen LogP) is 3.16. The number of halogens is 1. The molecule has 4 N–H and O–H groups in total. The third-order valence-corrected chi connectivity index (χ3v) is 3.99. The van der Waals surface area contributed by atoms with Gasteiger partial charge in [-0.1, -0.05) is 26.0 Å². The minimum atomic E-state index is -0.440. The molecular formula is C19H26ClN3O2. The minimum Gasteiger partial charge on any atom is -0.367 e. The maximum absolute atomic E-state index is 12.5. The number of aromatic nitrogens is 1. The Hall–Kier alpha value is -2.11. The van der Waals surface area contributed by atoms with Crippen LogP contribution in [0.25, 0.3) is 0 Å². The van der Waals surface area contributed by atoms with Crippen molar-refractivity contribution < 1.29 is 9.59 Å². The molecule has 1 unspecified atom stereocenters. The normalized spacial score (nSPS) is 13.0. The Kier molecular flexibility index (Phi) is 7.39. The van der Waals surface area contributed by atoms with E-state index < -0.39 is 5.54 Å². The molecule has 0 saturated heterocycles. The topological polar surface area (TPSA) is 88.0 Å². The van der Waals surface area contributed by atoms with Crippen molar-refractivity contribution >= 4 is 24.1 Å². The van der Waals surface area contributed by atoms with Gasteiger partial charge in [-0.05, 0) is 37.5 Å². The summed E-state index contributed by atoms with van der Waals surface area (Å²) in [5.74, 6) is 0.180. The van der Waals surface area contributed by atoms with Gasteiger partial charge >= 0.3 is 0 Å². The van der Waals surface area contributed by atoms with Crippen molar-refractivity contribution in [2.24, 2.45) is 11.7 Å². The summed E-state index contributed by atoms with van der Waals surface area (Å²) in [7, 11) is 0. The van der Waals surface area contributed by atoms with E-state index in [1.165, 1.54) is 0 Å². The number of H-pyrrole nitrogens is 1. The van der Waals surface area contributed by atoms with E-state index in [0.29, 0.717) is 29.2 Å². The van der Waals surface area contributed by atoms with Crippen LogP contribution in [0.4, 0.5) is 0 Å². The number of nitrogens with two attached hydrogens (primary N) is 1. The van der Waals surface area contributed by atoms with Crippen molar-refractivity contribution in [2.75, 3.05) is 6.54 Å². The fraction of sp³-hybridized carbons (Fsp3) is 0.368. The van der Waals surface area contributed by atoms with Crippen LogP contribution in [0.5, 0.6) is 0 Å². The summed E-state index contributed by atoms with van der Waals surface area (Å²) >= 11 is 0. The molecule has 0 aliphatic rings. The number of nitrogens with one attached hydrogen (secondary N) is 2. The summed E-state index contributed by atoms with van der Waals surface area (Å²) in [6.45, 7) is 6.53. The molecule has 0 saturated carbocycles. The lowest BCUT2D eigenvalue weighted by molar-refractivity contribution is 0.0897. The zero-order chi connectivity index (χ0) is 17.7. The van der Waals surface area contributed by atoms with Gasteiger partial charge in [0.1, 0.15) is 0 Å². The lowest BCUT2D eigenvalue weighted by atomic mass is 9.90. The quantitative estimate of drug-likeness (QED) is 0.660. The van der Waals surface area contributed by atoms with Gasteiger partial charge < -0.3 is 16.0 Å². The summed E-state index contributed by atoms with van der Waals surface area (Å²) in [5, 5.41) is 3.01. The van der Waals surface area contributed by atoms with Gasteiger partial charge in [-0.25, -0.2) is 0 Å². The monoisotopic (exact) mass is 363 g/mol. The van der Waals surface area contributed by atoms with Crippen LogP contribution in [0.2, 0.25) is 0 Å². The second-order valence-electron chi connectivity index (χ2n) is 6.82. The molecule has 1 aromatic heterocycles. The summed E-state index contributed by atoms with van der Waals surface area (Å²) in [4.78, 5) is 27.6. The Morgan fingerprint density at radius 1 is 1.12 bits per heavy atom. The lowest BCUT2D eigenvalue weighted by Crippen LogP contribution is -2.52. The number of carbonyl (C=O) groups excluding carboxylic acids is 2. The molecule has 0 bridgehead atoms. The molecule has 1 amide bonds. The van der Waals surface area contributed by atoms with Crippen LogP contribution in [0.1, 0.15) is 53.5 Å². The largest absolute Gasteiger partial charge is 0.367 e. The lowest BCUT2D eigenvalue weighted by Gasteiger charge is -2.31. The Morgan fingerprint density at radius 2 is 1.72 bits per heavy atom. The van der Waals surface area contributed by atoms with Gasteiger partial charge in [-0.15, -0.1) is 12.4 Å². The molecule has 1 atom stereocenters. The van der Waals surface area contributed by atoms with Gasteiger partial charge in [0.2, 0.25) is 0 Å². The Balaban J connectivity index is 0.00000312. The summed E-state index contributed by atoms with van der Waals surface area (Å²) in [6.07, 6.45) is 4.16. The van der Waals surface area contributed by atoms with Crippen molar-refractivity contribution in [1.82, 2.24) is 10.3 Å². The van der Waals surface area contributed by atoms with E-state index in [9.17, 15) is 9.59 Å². The maximum atomic E-state index is 12.5. The zero-order valence-electron chi connectivity index (χ0n) is 14.8.